The van der Waals surface area contributed by atoms with E-state index < -0.39 is 16.0 Å². The number of aryl methyl sites for hydroxylation is 1. The fraction of sp³-hybridized carbons (Fsp3) is 0.533. The third-order valence-electron chi connectivity index (χ3n) is 3.18. The average Bonchev–Trinajstić information content (AvgIpc) is 2.39. The highest BCUT2D eigenvalue weighted by atomic mass is 32.2. The van der Waals surface area contributed by atoms with Gasteiger partial charge in [-0.3, -0.25) is 9.00 Å². The molecule has 0 fully saturated rings. The lowest BCUT2D eigenvalue weighted by Crippen LogP contribution is -2.36. The summed E-state index contributed by atoms with van der Waals surface area (Å²) in [6.45, 7) is 8.38. The number of nitrogens with one attached hydrogen (secondary N) is 1. The van der Waals surface area contributed by atoms with Crippen molar-refractivity contribution in [2.24, 2.45) is 5.92 Å². The second-order valence-electron chi connectivity index (χ2n) is 5.43. The molecule has 3 N–H and O–H groups in total. The van der Waals surface area contributed by atoms with E-state index in [4.69, 9.17) is 5.73 Å². The molecule has 0 heterocycles. The zero-order valence-corrected chi connectivity index (χ0v) is 13.4. The lowest BCUT2D eigenvalue weighted by molar-refractivity contribution is -0.120. The third kappa shape index (κ3) is 4.63. The van der Waals surface area contributed by atoms with Crippen molar-refractivity contribution in [3.63, 3.8) is 0 Å². The van der Waals surface area contributed by atoms with Crippen molar-refractivity contribution in [1.29, 1.82) is 0 Å². The second-order valence-corrected chi connectivity index (χ2v) is 7.20. The maximum absolute atomic E-state index is 12.4. The average molecular weight is 296 g/mol. The standard InChI is InChI=1S/C15H24N2O2S/c1-10(2)7-8-17-15(18)12(4)20(19)13-5-6-14(16)11(3)9-13/h5-6,9-10,12H,7-8,16H2,1-4H3,(H,17,18). The molecule has 0 aliphatic rings. The van der Waals surface area contributed by atoms with Gasteiger partial charge in [-0.1, -0.05) is 13.8 Å². The van der Waals surface area contributed by atoms with Gasteiger partial charge in [0.1, 0.15) is 5.25 Å². The molecule has 1 amide bonds. The van der Waals surface area contributed by atoms with Gasteiger partial charge in [-0.05, 0) is 49.9 Å². The Morgan fingerprint density at radius 1 is 1.35 bits per heavy atom. The van der Waals surface area contributed by atoms with E-state index in [0.29, 0.717) is 23.0 Å². The van der Waals surface area contributed by atoms with E-state index in [0.717, 1.165) is 12.0 Å². The number of carbonyl (C=O) groups is 1. The van der Waals surface area contributed by atoms with Gasteiger partial charge in [-0.15, -0.1) is 0 Å². The Morgan fingerprint density at radius 2 is 2.00 bits per heavy atom. The summed E-state index contributed by atoms with van der Waals surface area (Å²) in [4.78, 5) is 12.6. The summed E-state index contributed by atoms with van der Waals surface area (Å²) >= 11 is 0. The van der Waals surface area contributed by atoms with Crippen molar-refractivity contribution < 1.29 is 9.00 Å². The molecule has 2 atom stereocenters. The number of anilines is 1. The molecule has 0 saturated heterocycles. The number of nitrogens with two attached hydrogens (primary N) is 1. The van der Waals surface area contributed by atoms with E-state index in [-0.39, 0.29) is 5.91 Å². The Morgan fingerprint density at radius 3 is 2.55 bits per heavy atom. The van der Waals surface area contributed by atoms with Crippen molar-refractivity contribution in [2.75, 3.05) is 12.3 Å². The molecule has 0 saturated carbocycles. The first kappa shape index (κ1) is 16.7. The Kier molecular flexibility index (Phi) is 6.20. The molecule has 1 aromatic carbocycles. The van der Waals surface area contributed by atoms with Crippen LogP contribution in [0.3, 0.4) is 0 Å². The number of amides is 1. The first-order chi connectivity index (χ1) is 9.32. The summed E-state index contributed by atoms with van der Waals surface area (Å²) in [6.07, 6.45) is 0.923. The highest BCUT2D eigenvalue weighted by Gasteiger charge is 2.21. The van der Waals surface area contributed by atoms with Crippen LogP contribution in [0.15, 0.2) is 23.1 Å². The summed E-state index contributed by atoms with van der Waals surface area (Å²) in [6, 6.07) is 5.23. The summed E-state index contributed by atoms with van der Waals surface area (Å²) in [5.41, 5.74) is 7.29. The van der Waals surface area contributed by atoms with E-state index in [1.165, 1.54) is 0 Å². The van der Waals surface area contributed by atoms with E-state index in [1.807, 2.05) is 6.92 Å². The van der Waals surface area contributed by atoms with Crippen LogP contribution in [0.4, 0.5) is 5.69 Å². The minimum Gasteiger partial charge on any atom is -0.399 e. The predicted octanol–water partition coefficient (Wildman–Crippen LogP) is 2.24. The number of hydrogen-bond acceptors (Lipinski definition) is 3. The van der Waals surface area contributed by atoms with Gasteiger partial charge < -0.3 is 11.1 Å². The second kappa shape index (κ2) is 7.43. The molecule has 5 heteroatoms. The van der Waals surface area contributed by atoms with Gasteiger partial charge >= 0.3 is 0 Å². The van der Waals surface area contributed by atoms with E-state index >= 15 is 0 Å². The molecule has 1 aromatic rings. The Balaban J connectivity index is 2.66. The van der Waals surface area contributed by atoms with E-state index in [2.05, 4.69) is 19.2 Å². The summed E-state index contributed by atoms with van der Waals surface area (Å²) in [5, 5.41) is 2.27. The van der Waals surface area contributed by atoms with Crippen LogP contribution in [-0.4, -0.2) is 21.9 Å². The SMILES string of the molecule is Cc1cc(S(=O)C(C)C(=O)NCCC(C)C)ccc1N. The maximum atomic E-state index is 12.4. The number of hydrogen-bond donors (Lipinski definition) is 2. The van der Waals surface area contributed by atoms with Crippen LogP contribution in [0.2, 0.25) is 0 Å². The fourth-order valence-corrected chi connectivity index (χ4v) is 2.88. The van der Waals surface area contributed by atoms with Gasteiger partial charge in [0.25, 0.3) is 0 Å². The summed E-state index contributed by atoms with van der Waals surface area (Å²) in [7, 11) is -1.36. The molecular weight excluding hydrogens is 272 g/mol. The largest absolute Gasteiger partial charge is 0.399 e. The van der Waals surface area contributed by atoms with Crippen LogP contribution in [0.1, 0.15) is 32.8 Å². The zero-order valence-electron chi connectivity index (χ0n) is 12.6. The third-order valence-corrected chi connectivity index (χ3v) is 4.76. The Labute approximate surface area is 123 Å². The molecule has 20 heavy (non-hydrogen) atoms. The van der Waals surface area contributed by atoms with Crippen molar-refractivity contribution in [2.45, 2.75) is 44.3 Å². The highest BCUT2D eigenvalue weighted by Crippen LogP contribution is 2.18. The molecule has 0 bridgehead atoms. The van der Waals surface area contributed by atoms with Gasteiger partial charge in [-0.2, -0.15) is 0 Å². The Bertz CT molecular complexity index is 501. The van der Waals surface area contributed by atoms with Crippen molar-refractivity contribution in [1.82, 2.24) is 5.32 Å². The monoisotopic (exact) mass is 296 g/mol. The topological polar surface area (TPSA) is 72.2 Å². The number of benzene rings is 1. The zero-order chi connectivity index (χ0) is 15.3. The lowest BCUT2D eigenvalue weighted by atomic mass is 10.1. The molecule has 1 rings (SSSR count). The van der Waals surface area contributed by atoms with Gasteiger partial charge in [0.2, 0.25) is 5.91 Å². The lowest BCUT2D eigenvalue weighted by Gasteiger charge is -2.13. The Hall–Kier alpha value is -1.36. The molecular formula is C15H24N2O2S. The fourth-order valence-electron chi connectivity index (χ4n) is 1.70. The van der Waals surface area contributed by atoms with Crippen molar-refractivity contribution >= 4 is 22.4 Å². The minimum atomic E-state index is -1.36. The van der Waals surface area contributed by atoms with Gasteiger partial charge in [0, 0.05) is 17.1 Å². The van der Waals surface area contributed by atoms with Crippen LogP contribution in [0.5, 0.6) is 0 Å². The first-order valence-electron chi connectivity index (χ1n) is 6.87. The normalized spacial score (nSPS) is 14.1. The molecule has 0 aliphatic carbocycles. The summed E-state index contributed by atoms with van der Waals surface area (Å²) < 4.78 is 12.4. The number of rotatable bonds is 6. The van der Waals surface area contributed by atoms with Gasteiger partial charge in [0.05, 0.1) is 10.8 Å². The first-order valence-corrected chi connectivity index (χ1v) is 8.08. The summed E-state index contributed by atoms with van der Waals surface area (Å²) in [5.74, 6) is 0.370. The molecule has 2 unspecified atom stereocenters. The number of nitrogen functional groups attached to an aromatic ring is 1. The molecule has 4 nitrogen and oxygen atoms in total. The van der Waals surface area contributed by atoms with Crippen molar-refractivity contribution in [3.8, 4) is 0 Å². The van der Waals surface area contributed by atoms with Crippen molar-refractivity contribution in [3.05, 3.63) is 23.8 Å². The molecule has 112 valence electrons. The van der Waals surface area contributed by atoms with Crippen LogP contribution in [-0.2, 0) is 15.6 Å². The smallest absolute Gasteiger partial charge is 0.235 e. The van der Waals surface area contributed by atoms with Crippen LogP contribution < -0.4 is 11.1 Å². The van der Waals surface area contributed by atoms with Crippen LogP contribution >= 0.6 is 0 Å². The predicted molar refractivity (Wildman–Crippen MR) is 83.9 cm³/mol. The molecule has 0 radical (unpaired) electrons. The highest BCUT2D eigenvalue weighted by molar-refractivity contribution is 7.86. The van der Waals surface area contributed by atoms with E-state index in [9.17, 15) is 9.00 Å². The minimum absolute atomic E-state index is 0.168. The van der Waals surface area contributed by atoms with Crippen LogP contribution in [0.25, 0.3) is 0 Å². The molecule has 0 aromatic heterocycles. The van der Waals surface area contributed by atoms with E-state index in [1.54, 1.807) is 25.1 Å². The van der Waals surface area contributed by atoms with Crippen LogP contribution in [0, 0.1) is 12.8 Å². The van der Waals surface area contributed by atoms with Gasteiger partial charge in [0.15, 0.2) is 0 Å². The molecule has 0 spiro atoms. The number of carbonyl (C=O) groups excluding carboxylic acids is 1. The van der Waals surface area contributed by atoms with Gasteiger partial charge in [-0.25, -0.2) is 0 Å². The molecule has 0 aliphatic heterocycles. The quantitative estimate of drug-likeness (QED) is 0.791. The maximum Gasteiger partial charge on any atom is 0.235 e.